The molecule has 2 aliphatic carbocycles. The molecule has 4 heteroatoms. The van der Waals surface area contributed by atoms with Crippen molar-refractivity contribution in [3.05, 3.63) is 235 Å². The van der Waals surface area contributed by atoms with Crippen LogP contribution in [0.5, 0.6) is 0 Å². The first-order valence-corrected chi connectivity index (χ1v) is 21.1. The predicted molar refractivity (Wildman–Crippen MR) is 251 cm³/mol. The Kier molecular flexibility index (Phi) is 7.49. The minimum atomic E-state index is -0.473. The van der Waals surface area contributed by atoms with Crippen LogP contribution >= 0.6 is 0 Å². The molecule has 11 aromatic rings. The van der Waals surface area contributed by atoms with Crippen LogP contribution in [-0.2, 0) is 5.41 Å². The molecular weight excluding hydrogens is 755 g/mol. The molecule has 2 aliphatic rings. The number of benzene rings is 9. The number of aromatic nitrogens is 3. The fourth-order valence-corrected chi connectivity index (χ4v) is 10.4. The summed E-state index contributed by atoms with van der Waals surface area (Å²) in [6.07, 6.45) is 0. The maximum Gasteiger partial charge on any atom is 0.164 e. The number of hydrogen-bond donors (Lipinski definition) is 0. The first kappa shape index (κ1) is 34.6. The van der Waals surface area contributed by atoms with E-state index in [9.17, 15) is 0 Å². The topological polar surface area (TPSA) is 51.8 Å². The monoisotopic (exact) mass is 789 g/mol. The average Bonchev–Trinajstić information content (AvgIpc) is 3.99. The van der Waals surface area contributed by atoms with Gasteiger partial charge < -0.3 is 4.42 Å². The summed E-state index contributed by atoms with van der Waals surface area (Å²) in [7, 11) is 0. The highest BCUT2D eigenvalue weighted by atomic mass is 16.3. The lowest BCUT2D eigenvalue weighted by Crippen LogP contribution is -2.26. The number of para-hydroxylation sites is 2. The molecule has 0 bridgehead atoms. The highest BCUT2D eigenvalue weighted by molar-refractivity contribution is 6.10. The summed E-state index contributed by atoms with van der Waals surface area (Å²) in [5, 5.41) is 2.17. The van der Waals surface area contributed by atoms with Gasteiger partial charge in [-0.05, 0) is 73.3 Å². The fraction of sp³-hybridized carbons (Fsp3) is 0.0172. The van der Waals surface area contributed by atoms with Crippen molar-refractivity contribution >= 4 is 21.9 Å². The molecule has 1 spiro atoms. The van der Waals surface area contributed by atoms with Crippen LogP contribution < -0.4 is 0 Å². The molecule has 0 N–H and O–H groups in total. The van der Waals surface area contributed by atoms with Gasteiger partial charge in [0.1, 0.15) is 11.2 Å². The van der Waals surface area contributed by atoms with Crippen molar-refractivity contribution in [2.75, 3.05) is 0 Å². The summed E-state index contributed by atoms with van der Waals surface area (Å²) in [6, 6.07) is 75.5. The molecule has 2 aromatic heterocycles. The molecule has 0 saturated carbocycles. The minimum absolute atomic E-state index is 0.473. The van der Waals surface area contributed by atoms with E-state index < -0.39 is 5.41 Å². The smallest absolute Gasteiger partial charge is 0.164 e. The molecule has 0 atom stereocenters. The van der Waals surface area contributed by atoms with E-state index in [0.717, 1.165) is 55.3 Å². The maximum atomic E-state index is 6.54. The Morgan fingerprint density at radius 3 is 1.52 bits per heavy atom. The van der Waals surface area contributed by atoms with Gasteiger partial charge in [-0.1, -0.05) is 200 Å². The zero-order valence-corrected chi connectivity index (χ0v) is 33.5. The van der Waals surface area contributed by atoms with Gasteiger partial charge in [0, 0.05) is 33.0 Å². The number of nitrogens with zero attached hydrogens (tertiary/aromatic N) is 3. The summed E-state index contributed by atoms with van der Waals surface area (Å²) < 4.78 is 6.54. The van der Waals surface area contributed by atoms with Crippen molar-refractivity contribution in [1.29, 1.82) is 0 Å². The summed E-state index contributed by atoms with van der Waals surface area (Å²) in [6.45, 7) is 0. The molecule has 0 unspecified atom stereocenters. The van der Waals surface area contributed by atoms with Crippen molar-refractivity contribution in [1.82, 2.24) is 15.0 Å². The van der Waals surface area contributed by atoms with E-state index in [0.29, 0.717) is 17.5 Å². The van der Waals surface area contributed by atoms with Crippen LogP contribution in [0.15, 0.2) is 217 Å². The molecule has 0 saturated heterocycles. The lowest BCUT2D eigenvalue weighted by Gasteiger charge is -2.32. The SMILES string of the molecule is c1ccc(-c2nc(-c3cccc(-c4cccc5c4C4(c6ccccc6-c6ccccc64)c4ccccc4-5)c3)nc(-c3ccccc3-c3cccc4c3oc3ccccc34)n2)cc1. The summed E-state index contributed by atoms with van der Waals surface area (Å²) >= 11 is 0. The summed E-state index contributed by atoms with van der Waals surface area (Å²) in [4.78, 5) is 15.7. The summed E-state index contributed by atoms with van der Waals surface area (Å²) in [5.41, 5.74) is 18.6. The van der Waals surface area contributed by atoms with E-state index >= 15 is 0 Å². The van der Waals surface area contributed by atoms with Crippen molar-refractivity contribution in [2.45, 2.75) is 5.41 Å². The van der Waals surface area contributed by atoms with Crippen LogP contribution in [-0.4, -0.2) is 15.0 Å². The van der Waals surface area contributed by atoms with Crippen molar-refractivity contribution in [3.8, 4) is 78.7 Å². The second-order valence-electron chi connectivity index (χ2n) is 16.2. The molecule has 13 rings (SSSR count). The Morgan fingerprint density at radius 1 is 0.306 bits per heavy atom. The zero-order valence-electron chi connectivity index (χ0n) is 33.5. The number of fused-ring (bicyclic) bond motifs is 13. The first-order valence-electron chi connectivity index (χ1n) is 21.1. The van der Waals surface area contributed by atoms with Crippen LogP contribution in [0.25, 0.3) is 101 Å². The second kappa shape index (κ2) is 13.4. The van der Waals surface area contributed by atoms with Gasteiger partial charge >= 0.3 is 0 Å². The van der Waals surface area contributed by atoms with Gasteiger partial charge in [-0.25, -0.2) is 15.0 Å². The van der Waals surface area contributed by atoms with Gasteiger partial charge in [0.2, 0.25) is 0 Å². The standard InChI is InChI=1S/C58H35N3O/c1-2-17-36(18-3-1)55-59-56(61-57(60-55)48-26-5-4-21-40(48)46-29-16-30-47-44-25-9-13-34-52(44)62-54(46)47)38-20-14-19-37(35-38)39-27-15-28-45-43-24-8-12-33-51(43)58(53(39)45)49-31-10-6-22-41(49)42-23-7-11-32-50(42)58/h1-35H. The minimum Gasteiger partial charge on any atom is -0.455 e. The van der Waals surface area contributed by atoms with Gasteiger partial charge in [0.25, 0.3) is 0 Å². The largest absolute Gasteiger partial charge is 0.455 e. The van der Waals surface area contributed by atoms with E-state index in [1.807, 2.05) is 36.4 Å². The molecule has 62 heavy (non-hydrogen) atoms. The molecule has 4 nitrogen and oxygen atoms in total. The Balaban J connectivity index is 1.01. The Morgan fingerprint density at radius 2 is 0.774 bits per heavy atom. The molecule has 2 heterocycles. The lowest BCUT2D eigenvalue weighted by atomic mass is 9.68. The third kappa shape index (κ3) is 4.92. The first-order chi connectivity index (χ1) is 30.8. The molecule has 288 valence electrons. The number of hydrogen-bond acceptors (Lipinski definition) is 4. The van der Waals surface area contributed by atoms with Gasteiger partial charge in [-0.3, -0.25) is 0 Å². The molecule has 9 aromatic carbocycles. The highest BCUT2D eigenvalue weighted by Crippen LogP contribution is 2.64. The molecule has 0 fully saturated rings. The van der Waals surface area contributed by atoms with E-state index in [1.54, 1.807) is 0 Å². The third-order valence-electron chi connectivity index (χ3n) is 13.0. The lowest BCUT2D eigenvalue weighted by molar-refractivity contribution is 0.670. The van der Waals surface area contributed by atoms with Crippen molar-refractivity contribution < 1.29 is 4.42 Å². The van der Waals surface area contributed by atoms with Crippen LogP contribution in [0.2, 0.25) is 0 Å². The fourth-order valence-electron chi connectivity index (χ4n) is 10.4. The van der Waals surface area contributed by atoms with Crippen LogP contribution in [0.3, 0.4) is 0 Å². The van der Waals surface area contributed by atoms with Crippen LogP contribution in [0.1, 0.15) is 22.3 Å². The van der Waals surface area contributed by atoms with Crippen LogP contribution in [0, 0.1) is 0 Å². The number of rotatable bonds is 5. The van der Waals surface area contributed by atoms with Gasteiger partial charge in [0.15, 0.2) is 17.5 Å². The van der Waals surface area contributed by atoms with E-state index in [1.165, 1.54) is 50.1 Å². The van der Waals surface area contributed by atoms with E-state index in [-0.39, 0.29) is 0 Å². The molecular formula is C58H35N3O. The van der Waals surface area contributed by atoms with Gasteiger partial charge in [-0.15, -0.1) is 0 Å². The second-order valence-corrected chi connectivity index (χ2v) is 16.2. The van der Waals surface area contributed by atoms with Gasteiger partial charge in [-0.2, -0.15) is 0 Å². The Labute approximate surface area is 358 Å². The normalized spacial score (nSPS) is 13.0. The quantitative estimate of drug-likeness (QED) is 0.174. The highest BCUT2D eigenvalue weighted by Gasteiger charge is 2.52. The van der Waals surface area contributed by atoms with Crippen molar-refractivity contribution in [2.24, 2.45) is 0 Å². The predicted octanol–water partition coefficient (Wildman–Crippen LogP) is 14.4. The maximum absolute atomic E-state index is 6.54. The van der Waals surface area contributed by atoms with E-state index in [2.05, 4.69) is 176 Å². The Bertz CT molecular complexity index is 3540. The summed E-state index contributed by atoms with van der Waals surface area (Å²) in [5.74, 6) is 1.81. The van der Waals surface area contributed by atoms with Gasteiger partial charge in [0.05, 0.1) is 5.41 Å². The van der Waals surface area contributed by atoms with E-state index in [4.69, 9.17) is 19.4 Å². The zero-order chi connectivity index (χ0) is 40.8. The third-order valence-corrected chi connectivity index (χ3v) is 13.0. The van der Waals surface area contributed by atoms with Crippen LogP contribution in [0.4, 0.5) is 0 Å². The number of furan rings is 1. The Hall–Kier alpha value is -8.21. The molecule has 0 amide bonds. The van der Waals surface area contributed by atoms with Crippen molar-refractivity contribution in [3.63, 3.8) is 0 Å². The molecule has 0 aliphatic heterocycles. The average molecular weight is 790 g/mol. The molecule has 0 radical (unpaired) electrons.